The third-order valence-corrected chi connectivity index (χ3v) is 7.45. The number of rotatable bonds is 6. The van der Waals surface area contributed by atoms with E-state index in [-0.39, 0.29) is 10.5 Å². The third kappa shape index (κ3) is 4.09. The summed E-state index contributed by atoms with van der Waals surface area (Å²) in [5.41, 5.74) is 2.41. The number of ketones is 1. The van der Waals surface area contributed by atoms with Crippen molar-refractivity contribution >= 4 is 27.4 Å². The molecule has 3 aromatic rings. The summed E-state index contributed by atoms with van der Waals surface area (Å²) in [6, 6.07) is 15.2. The van der Waals surface area contributed by atoms with Gasteiger partial charge in [0.25, 0.3) is 11.7 Å². The molecule has 1 aromatic heterocycles. The van der Waals surface area contributed by atoms with Gasteiger partial charge in [-0.25, -0.2) is 13.1 Å². The van der Waals surface area contributed by atoms with Crippen LogP contribution in [0.2, 0.25) is 0 Å². The van der Waals surface area contributed by atoms with Crippen molar-refractivity contribution < 1.29 is 18.0 Å². The fourth-order valence-corrected chi connectivity index (χ4v) is 5.40. The van der Waals surface area contributed by atoms with Crippen molar-refractivity contribution in [1.29, 1.82) is 0 Å². The lowest BCUT2D eigenvalue weighted by atomic mass is 10.1. The molecule has 8 nitrogen and oxygen atoms in total. The Hall–Kier alpha value is -3.30. The highest BCUT2D eigenvalue weighted by Crippen LogP contribution is 2.23. The van der Waals surface area contributed by atoms with Gasteiger partial charge in [-0.2, -0.15) is 9.40 Å². The van der Waals surface area contributed by atoms with Gasteiger partial charge in [0.2, 0.25) is 10.0 Å². The van der Waals surface area contributed by atoms with E-state index in [4.69, 9.17) is 0 Å². The first-order valence-electron chi connectivity index (χ1n) is 10.4. The minimum absolute atomic E-state index is 0.166. The Kier molecular flexibility index (Phi) is 5.94. The van der Waals surface area contributed by atoms with Crippen LogP contribution in [0.5, 0.6) is 0 Å². The number of para-hydroxylation sites is 1. The molecule has 1 N–H and O–H groups in total. The second-order valence-electron chi connectivity index (χ2n) is 7.71. The summed E-state index contributed by atoms with van der Waals surface area (Å²) in [7, 11) is -3.54. The first-order valence-corrected chi connectivity index (χ1v) is 11.8. The van der Waals surface area contributed by atoms with Crippen molar-refractivity contribution in [3.05, 3.63) is 71.5 Å². The van der Waals surface area contributed by atoms with Crippen LogP contribution in [0.1, 0.15) is 34.6 Å². The number of benzene rings is 2. The van der Waals surface area contributed by atoms with Crippen molar-refractivity contribution in [2.45, 2.75) is 31.6 Å². The zero-order valence-electron chi connectivity index (χ0n) is 17.9. The van der Waals surface area contributed by atoms with Gasteiger partial charge in [0, 0.05) is 18.8 Å². The van der Waals surface area contributed by atoms with Gasteiger partial charge in [0.05, 0.1) is 27.5 Å². The fraction of sp³-hybridized carbons (Fsp3) is 0.261. The Bertz CT molecular complexity index is 1260. The van der Waals surface area contributed by atoms with Crippen molar-refractivity contribution in [2.24, 2.45) is 0 Å². The van der Waals surface area contributed by atoms with E-state index in [0.29, 0.717) is 30.2 Å². The standard InChI is InChI=1S/C23H24N4O4S/c1-16-21(17(2)27(25-16)19-8-4-3-5-9-19)22(28)23(29)24-18-10-12-20(13-11-18)32(30,31)26-14-6-7-15-26/h3-5,8-13H,6-7,14-15H2,1-2H3,(H,24,29). The second-order valence-corrected chi connectivity index (χ2v) is 9.65. The van der Waals surface area contributed by atoms with Crippen molar-refractivity contribution in [1.82, 2.24) is 14.1 Å². The number of aromatic nitrogens is 2. The van der Waals surface area contributed by atoms with E-state index < -0.39 is 21.7 Å². The van der Waals surface area contributed by atoms with Gasteiger partial charge >= 0.3 is 0 Å². The van der Waals surface area contributed by atoms with E-state index in [1.165, 1.54) is 28.6 Å². The smallest absolute Gasteiger partial charge is 0.296 e. The van der Waals surface area contributed by atoms with Gasteiger partial charge in [0.1, 0.15) is 0 Å². The number of carbonyl (C=O) groups excluding carboxylic acids is 2. The molecule has 0 radical (unpaired) electrons. The average molecular weight is 453 g/mol. The normalized spacial score (nSPS) is 14.4. The Morgan fingerprint density at radius 1 is 0.938 bits per heavy atom. The maximum absolute atomic E-state index is 12.9. The van der Waals surface area contributed by atoms with Crippen LogP contribution in [0.4, 0.5) is 5.69 Å². The summed E-state index contributed by atoms with van der Waals surface area (Å²) < 4.78 is 28.4. The highest BCUT2D eigenvalue weighted by Gasteiger charge is 2.28. The molecular formula is C23H24N4O4S. The van der Waals surface area contributed by atoms with Gasteiger partial charge in [-0.1, -0.05) is 18.2 Å². The molecule has 0 aliphatic carbocycles. The SMILES string of the molecule is Cc1nn(-c2ccccc2)c(C)c1C(=O)C(=O)Nc1ccc(S(=O)(=O)N2CCCC2)cc1. The Morgan fingerprint density at radius 2 is 1.56 bits per heavy atom. The molecule has 2 aromatic carbocycles. The highest BCUT2D eigenvalue weighted by atomic mass is 32.2. The predicted octanol–water partition coefficient (Wildman–Crippen LogP) is 3.10. The van der Waals surface area contributed by atoms with Crippen LogP contribution in [-0.4, -0.2) is 47.3 Å². The quantitative estimate of drug-likeness (QED) is 0.457. The lowest BCUT2D eigenvalue weighted by molar-refractivity contribution is -0.112. The summed E-state index contributed by atoms with van der Waals surface area (Å²) in [6.45, 7) is 4.46. The second kappa shape index (κ2) is 8.68. The third-order valence-electron chi connectivity index (χ3n) is 5.54. The Morgan fingerprint density at radius 3 is 2.19 bits per heavy atom. The summed E-state index contributed by atoms with van der Waals surface area (Å²) in [5.74, 6) is -1.50. The zero-order valence-corrected chi connectivity index (χ0v) is 18.7. The van der Waals surface area contributed by atoms with Crippen LogP contribution in [0, 0.1) is 13.8 Å². The molecule has 1 fully saturated rings. The first-order chi connectivity index (χ1) is 15.3. The number of nitrogens with one attached hydrogen (secondary N) is 1. The minimum Gasteiger partial charge on any atom is -0.319 e. The minimum atomic E-state index is -3.54. The molecule has 1 aliphatic heterocycles. The lowest BCUT2D eigenvalue weighted by Crippen LogP contribution is -2.28. The molecule has 4 rings (SSSR count). The Balaban J connectivity index is 1.51. The van der Waals surface area contributed by atoms with E-state index in [9.17, 15) is 18.0 Å². The molecule has 1 saturated heterocycles. The van der Waals surface area contributed by atoms with Crippen LogP contribution in [0.3, 0.4) is 0 Å². The molecule has 0 saturated carbocycles. The van der Waals surface area contributed by atoms with Gasteiger partial charge < -0.3 is 5.32 Å². The zero-order chi connectivity index (χ0) is 22.9. The summed E-state index contributed by atoms with van der Waals surface area (Å²) in [6.07, 6.45) is 1.71. The van der Waals surface area contributed by atoms with Crippen LogP contribution < -0.4 is 5.32 Å². The molecule has 166 valence electrons. The molecule has 9 heteroatoms. The molecule has 1 aliphatic rings. The average Bonchev–Trinajstić information content (AvgIpc) is 3.43. The number of carbonyl (C=O) groups is 2. The molecule has 0 spiro atoms. The van der Waals surface area contributed by atoms with E-state index in [1.54, 1.807) is 18.5 Å². The molecular weight excluding hydrogens is 428 g/mol. The number of hydrogen-bond donors (Lipinski definition) is 1. The first kappa shape index (κ1) is 21.9. The van der Waals surface area contributed by atoms with Gasteiger partial charge in [-0.3, -0.25) is 9.59 Å². The monoisotopic (exact) mass is 452 g/mol. The van der Waals surface area contributed by atoms with Crippen LogP contribution >= 0.6 is 0 Å². The van der Waals surface area contributed by atoms with Crippen molar-refractivity contribution in [3.63, 3.8) is 0 Å². The van der Waals surface area contributed by atoms with Gasteiger partial charge in [0.15, 0.2) is 0 Å². The summed E-state index contributed by atoms with van der Waals surface area (Å²) in [4.78, 5) is 25.7. The molecule has 2 heterocycles. The molecule has 1 amide bonds. The van der Waals surface area contributed by atoms with Crippen molar-refractivity contribution in [2.75, 3.05) is 18.4 Å². The fourth-order valence-electron chi connectivity index (χ4n) is 3.88. The summed E-state index contributed by atoms with van der Waals surface area (Å²) in [5, 5.41) is 6.97. The number of amides is 1. The maximum atomic E-state index is 12.9. The van der Waals surface area contributed by atoms with Gasteiger partial charge in [-0.15, -0.1) is 0 Å². The van der Waals surface area contributed by atoms with E-state index in [2.05, 4.69) is 10.4 Å². The summed E-state index contributed by atoms with van der Waals surface area (Å²) >= 11 is 0. The number of hydrogen-bond acceptors (Lipinski definition) is 5. The Labute approximate surface area is 186 Å². The number of anilines is 1. The van der Waals surface area contributed by atoms with E-state index in [1.807, 2.05) is 30.3 Å². The number of nitrogens with zero attached hydrogens (tertiary/aromatic N) is 3. The van der Waals surface area contributed by atoms with E-state index in [0.717, 1.165) is 18.5 Å². The number of Topliss-reactive ketones (excluding diaryl/α,β-unsaturated/α-hetero) is 1. The topological polar surface area (TPSA) is 101 Å². The number of aryl methyl sites for hydroxylation is 1. The predicted molar refractivity (Wildman–Crippen MR) is 120 cm³/mol. The molecule has 0 atom stereocenters. The lowest BCUT2D eigenvalue weighted by Gasteiger charge is -2.15. The largest absolute Gasteiger partial charge is 0.319 e. The molecule has 0 unspecified atom stereocenters. The van der Waals surface area contributed by atoms with Crippen LogP contribution in [-0.2, 0) is 14.8 Å². The highest BCUT2D eigenvalue weighted by molar-refractivity contribution is 7.89. The van der Waals surface area contributed by atoms with Crippen LogP contribution in [0.15, 0.2) is 59.5 Å². The number of sulfonamides is 1. The van der Waals surface area contributed by atoms with Crippen LogP contribution in [0.25, 0.3) is 5.69 Å². The van der Waals surface area contributed by atoms with Crippen molar-refractivity contribution in [3.8, 4) is 5.69 Å². The maximum Gasteiger partial charge on any atom is 0.296 e. The van der Waals surface area contributed by atoms with E-state index >= 15 is 0 Å². The van der Waals surface area contributed by atoms with Gasteiger partial charge in [-0.05, 0) is 63.1 Å². The molecule has 0 bridgehead atoms. The molecule has 32 heavy (non-hydrogen) atoms.